The lowest BCUT2D eigenvalue weighted by Gasteiger charge is -2.17. The predicted molar refractivity (Wildman–Crippen MR) is 76.3 cm³/mol. The van der Waals surface area contributed by atoms with Gasteiger partial charge in [-0.15, -0.1) is 0 Å². The summed E-state index contributed by atoms with van der Waals surface area (Å²) in [5, 5.41) is 3.86. The topological polar surface area (TPSA) is 21.3 Å². The van der Waals surface area contributed by atoms with Gasteiger partial charge in [0.2, 0.25) is 0 Å². The average Bonchev–Trinajstić information content (AvgIpc) is 2.78. The summed E-state index contributed by atoms with van der Waals surface area (Å²) in [7, 11) is 0. The molecule has 1 aliphatic rings. The summed E-state index contributed by atoms with van der Waals surface area (Å²) in [6.45, 7) is 0.849. The molecule has 0 radical (unpaired) electrons. The Morgan fingerprint density at radius 3 is 2.85 bits per heavy atom. The van der Waals surface area contributed by atoms with E-state index in [1.807, 2.05) is 0 Å². The number of nitrogens with one attached hydrogen (secondary N) is 1. The van der Waals surface area contributed by atoms with Gasteiger partial charge in [0.25, 0.3) is 0 Å². The fourth-order valence-corrected chi connectivity index (χ4v) is 3.01. The summed E-state index contributed by atoms with van der Waals surface area (Å²) >= 11 is 5.91. The Labute approximate surface area is 123 Å². The quantitative estimate of drug-likeness (QED) is 0.837. The number of halogens is 3. The van der Waals surface area contributed by atoms with Crippen LogP contribution in [0.5, 0.6) is 5.75 Å². The van der Waals surface area contributed by atoms with Crippen molar-refractivity contribution in [1.29, 1.82) is 0 Å². The SMILES string of the molecule is CC1CCCC1CNCc1cc(Cl)ccc1OC(F)F. The first-order chi connectivity index (χ1) is 9.56. The highest BCUT2D eigenvalue weighted by molar-refractivity contribution is 6.30. The predicted octanol–water partition coefficient (Wildman–Crippen LogP) is 4.47. The highest BCUT2D eigenvalue weighted by atomic mass is 35.5. The van der Waals surface area contributed by atoms with Crippen LogP contribution in [0.1, 0.15) is 31.7 Å². The highest BCUT2D eigenvalue weighted by Crippen LogP contribution is 2.30. The van der Waals surface area contributed by atoms with Gasteiger partial charge in [-0.2, -0.15) is 8.78 Å². The van der Waals surface area contributed by atoms with Crippen LogP contribution in [-0.2, 0) is 6.54 Å². The zero-order chi connectivity index (χ0) is 14.5. The van der Waals surface area contributed by atoms with Crippen molar-refractivity contribution in [2.24, 2.45) is 11.8 Å². The van der Waals surface area contributed by atoms with E-state index < -0.39 is 6.61 Å². The first-order valence-electron chi connectivity index (χ1n) is 7.00. The van der Waals surface area contributed by atoms with Crippen molar-refractivity contribution in [3.05, 3.63) is 28.8 Å². The second-order valence-corrected chi connectivity index (χ2v) is 5.87. The summed E-state index contributed by atoms with van der Waals surface area (Å²) in [4.78, 5) is 0. The largest absolute Gasteiger partial charge is 0.434 e. The minimum atomic E-state index is -2.82. The van der Waals surface area contributed by atoms with Gasteiger partial charge in [0.05, 0.1) is 0 Å². The number of benzene rings is 1. The fraction of sp³-hybridized carbons (Fsp3) is 0.600. The van der Waals surface area contributed by atoms with Gasteiger partial charge in [-0.05, 0) is 43.0 Å². The summed E-state index contributed by atoms with van der Waals surface area (Å²) in [6, 6.07) is 4.72. The lowest BCUT2D eigenvalue weighted by Crippen LogP contribution is -2.24. The first-order valence-corrected chi connectivity index (χ1v) is 7.38. The zero-order valence-corrected chi connectivity index (χ0v) is 12.3. The Bertz CT molecular complexity index is 442. The molecule has 112 valence electrons. The number of rotatable bonds is 6. The van der Waals surface area contributed by atoms with Gasteiger partial charge >= 0.3 is 6.61 Å². The van der Waals surface area contributed by atoms with Crippen LogP contribution in [0.25, 0.3) is 0 Å². The Morgan fingerprint density at radius 2 is 2.20 bits per heavy atom. The molecule has 2 nitrogen and oxygen atoms in total. The van der Waals surface area contributed by atoms with Gasteiger partial charge in [-0.3, -0.25) is 0 Å². The van der Waals surface area contributed by atoms with Gasteiger partial charge in [-0.25, -0.2) is 0 Å². The van der Waals surface area contributed by atoms with E-state index in [0.29, 0.717) is 23.0 Å². The average molecular weight is 304 g/mol. The van der Waals surface area contributed by atoms with Gasteiger partial charge < -0.3 is 10.1 Å². The molecule has 0 bridgehead atoms. The molecule has 1 fully saturated rings. The molecule has 0 aliphatic heterocycles. The van der Waals surface area contributed by atoms with Crippen molar-refractivity contribution in [2.75, 3.05) is 6.54 Å². The third kappa shape index (κ3) is 4.32. The van der Waals surface area contributed by atoms with Crippen LogP contribution in [0, 0.1) is 11.8 Å². The molecule has 0 aromatic heterocycles. The highest BCUT2D eigenvalue weighted by Gasteiger charge is 2.22. The van der Waals surface area contributed by atoms with E-state index in [1.54, 1.807) is 12.1 Å². The Kier molecular flexibility index (Phi) is 5.61. The minimum absolute atomic E-state index is 0.191. The van der Waals surface area contributed by atoms with E-state index >= 15 is 0 Å². The molecule has 1 N–H and O–H groups in total. The zero-order valence-electron chi connectivity index (χ0n) is 11.5. The molecular weight excluding hydrogens is 284 g/mol. The van der Waals surface area contributed by atoms with Crippen molar-refractivity contribution < 1.29 is 13.5 Å². The van der Waals surface area contributed by atoms with Crippen LogP contribution in [0.15, 0.2) is 18.2 Å². The number of ether oxygens (including phenoxy) is 1. The van der Waals surface area contributed by atoms with Crippen molar-refractivity contribution in [3.63, 3.8) is 0 Å². The van der Waals surface area contributed by atoms with Crippen molar-refractivity contribution in [2.45, 2.75) is 39.3 Å². The van der Waals surface area contributed by atoms with Gasteiger partial charge in [0.15, 0.2) is 0 Å². The molecule has 2 unspecified atom stereocenters. The fourth-order valence-electron chi connectivity index (χ4n) is 2.81. The summed E-state index contributed by atoms with van der Waals surface area (Å²) < 4.78 is 29.2. The molecule has 5 heteroatoms. The van der Waals surface area contributed by atoms with E-state index in [9.17, 15) is 8.78 Å². The van der Waals surface area contributed by atoms with Crippen LogP contribution in [0.2, 0.25) is 5.02 Å². The van der Waals surface area contributed by atoms with Crippen LogP contribution in [-0.4, -0.2) is 13.2 Å². The van der Waals surface area contributed by atoms with Crippen LogP contribution in [0.4, 0.5) is 8.78 Å². The third-order valence-corrected chi connectivity index (χ3v) is 4.23. The molecular formula is C15H20ClF2NO. The number of hydrogen-bond donors (Lipinski definition) is 1. The van der Waals surface area contributed by atoms with Gasteiger partial charge in [0.1, 0.15) is 5.75 Å². The van der Waals surface area contributed by atoms with Crippen molar-refractivity contribution in [1.82, 2.24) is 5.32 Å². The van der Waals surface area contributed by atoms with Crippen molar-refractivity contribution in [3.8, 4) is 5.75 Å². The van der Waals surface area contributed by atoms with Gasteiger partial charge in [-0.1, -0.05) is 31.4 Å². The first kappa shape index (κ1) is 15.5. The molecule has 1 aromatic rings. The van der Waals surface area contributed by atoms with E-state index in [0.717, 1.165) is 12.5 Å². The molecule has 1 saturated carbocycles. The molecule has 1 aromatic carbocycles. The molecule has 0 amide bonds. The maximum Gasteiger partial charge on any atom is 0.387 e. The van der Waals surface area contributed by atoms with Crippen molar-refractivity contribution >= 4 is 11.6 Å². The Hall–Kier alpha value is -0.870. The Balaban J connectivity index is 1.92. The minimum Gasteiger partial charge on any atom is -0.434 e. The summed E-state index contributed by atoms with van der Waals surface area (Å²) in [5.74, 6) is 1.60. The molecule has 2 rings (SSSR count). The summed E-state index contributed by atoms with van der Waals surface area (Å²) in [6.07, 6.45) is 3.80. The van der Waals surface area contributed by atoms with E-state index in [1.165, 1.54) is 25.3 Å². The van der Waals surface area contributed by atoms with Crippen LogP contribution >= 0.6 is 11.6 Å². The molecule has 2 atom stereocenters. The Morgan fingerprint density at radius 1 is 1.40 bits per heavy atom. The van der Waals surface area contributed by atoms with Crippen LogP contribution < -0.4 is 10.1 Å². The standard InChI is InChI=1S/C15H20ClF2NO/c1-10-3-2-4-11(10)8-19-9-12-7-13(16)5-6-14(12)20-15(17)18/h5-7,10-11,15,19H,2-4,8-9H2,1H3. The van der Waals surface area contributed by atoms with Gasteiger partial charge in [0, 0.05) is 17.1 Å². The lowest BCUT2D eigenvalue weighted by molar-refractivity contribution is -0.0505. The summed E-state index contributed by atoms with van der Waals surface area (Å²) in [5.41, 5.74) is 0.670. The monoisotopic (exact) mass is 303 g/mol. The van der Waals surface area contributed by atoms with E-state index in [4.69, 9.17) is 11.6 Å². The molecule has 20 heavy (non-hydrogen) atoms. The second-order valence-electron chi connectivity index (χ2n) is 5.43. The number of hydrogen-bond acceptors (Lipinski definition) is 2. The maximum absolute atomic E-state index is 12.3. The lowest BCUT2D eigenvalue weighted by atomic mass is 9.98. The van der Waals surface area contributed by atoms with E-state index in [2.05, 4.69) is 17.0 Å². The number of alkyl halides is 2. The molecule has 0 saturated heterocycles. The molecule has 0 spiro atoms. The van der Waals surface area contributed by atoms with E-state index in [-0.39, 0.29) is 5.75 Å². The maximum atomic E-state index is 12.3. The molecule has 1 aliphatic carbocycles. The normalized spacial score (nSPS) is 22.4. The smallest absolute Gasteiger partial charge is 0.387 e. The van der Waals surface area contributed by atoms with Crippen LogP contribution in [0.3, 0.4) is 0 Å². The second kappa shape index (κ2) is 7.23. The molecule has 0 heterocycles. The third-order valence-electron chi connectivity index (χ3n) is 4.00.